The van der Waals surface area contributed by atoms with Gasteiger partial charge < -0.3 is 9.84 Å². The molecule has 2 saturated heterocycles. The minimum Gasteiger partial charge on any atom is -0.365 e. The van der Waals surface area contributed by atoms with E-state index in [1.54, 1.807) is 0 Å². The lowest BCUT2D eigenvalue weighted by molar-refractivity contribution is -0.311. The average Bonchev–Trinajstić information content (AvgIpc) is 2.77. The fourth-order valence-corrected chi connectivity index (χ4v) is 5.65. The van der Waals surface area contributed by atoms with E-state index in [9.17, 15) is 5.11 Å². The van der Waals surface area contributed by atoms with Gasteiger partial charge in [-0.2, -0.15) is 0 Å². The second-order valence-electron chi connectivity index (χ2n) is 8.17. The molecule has 1 N–H and O–H groups in total. The van der Waals surface area contributed by atoms with Gasteiger partial charge in [0.2, 0.25) is 0 Å². The lowest BCUT2D eigenvalue weighted by Crippen LogP contribution is -2.55. The van der Waals surface area contributed by atoms with Crippen molar-refractivity contribution in [3.63, 3.8) is 0 Å². The molecule has 0 amide bonds. The van der Waals surface area contributed by atoms with E-state index in [1.807, 2.05) is 0 Å². The predicted octanol–water partition coefficient (Wildman–Crippen LogP) is 3.97. The van der Waals surface area contributed by atoms with E-state index < -0.39 is 5.79 Å². The minimum atomic E-state index is -0.867. The molecule has 6 atom stereocenters. The van der Waals surface area contributed by atoms with Gasteiger partial charge in [-0.1, -0.05) is 41.0 Å². The van der Waals surface area contributed by atoms with Crippen LogP contribution in [0.1, 0.15) is 66.7 Å². The maximum atomic E-state index is 11.2. The van der Waals surface area contributed by atoms with Crippen LogP contribution in [0.3, 0.4) is 0 Å². The molecule has 0 radical (unpaired) electrons. The van der Waals surface area contributed by atoms with E-state index in [2.05, 4.69) is 34.6 Å². The van der Waals surface area contributed by atoms with Crippen LogP contribution >= 0.6 is 0 Å². The van der Waals surface area contributed by atoms with Crippen molar-refractivity contribution in [2.75, 3.05) is 0 Å². The van der Waals surface area contributed by atoms with Crippen molar-refractivity contribution in [1.82, 2.24) is 0 Å². The van der Waals surface area contributed by atoms with Gasteiger partial charge in [0.1, 0.15) is 0 Å². The van der Waals surface area contributed by atoms with Crippen molar-refractivity contribution < 1.29 is 9.84 Å². The van der Waals surface area contributed by atoms with Gasteiger partial charge in [-0.3, -0.25) is 0 Å². The predicted molar refractivity (Wildman–Crippen MR) is 76.6 cm³/mol. The quantitative estimate of drug-likeness (QED) is 0.819. The van der Waals surface area contributed by atoms with Gasteiger partial charge in [-0.05, 0) is 42.4 Å². The summed E-state index contributed by atoms with van der Waals surface area (Å²) in [5.74, 6) is 1.18. The van der Waals surface area contributed by atoms with Crippen molar-refractivity contribution in [3.8, 4) is 0 Å². The van der Waals surface area contributed by atoms with Crippen LogP contribution in [0.15, 0.2) is 0 Å². The second kappa shape index (κ2) is 3.98. The number of hydrogen-bond acceptors (Lipinski definition) is 2. The highest BCUT2D eigenvalue weighted by Gasteiger charge is 2.70. The zero-order chi connectivity index (χ0) is 14.1. The molecule has 3 aliphatic rings. The molecule has 6 unspecified atom stereocenters. The van der Waals surface area contributed by atoms with Crippen molar-refractivity contribution in [3.05, 3.63) is 0 Å². The fraction of sp³-hybridized carbons (Fsp3) is 1.00. The van der Waals surface area contributed by atoms with E-state index in [0.29, 0.717) is 23.7 Å². The lowest BCUT2D eigenvalue weighted by atomic mass is 9.64. The normalized spacial score (nSPS) is 56.7. The number of aliphatic hydroxyl groups is 1. The van der Waals surface area contributed by atoms with Crippen LogP contribution in [0.5, 0.6) is 0 Å². The van der Waals surface area contributed by atoms with Crippen molar-refractivity contribution in [2.45, 2.75) is 78.1 Å². The number of rotatable bonds is 2. The third kappa shape index (κ3) is 1.62. The largest absolute Gasteiger partial charge is 0.365 e. The summed E-state index contributed by atoms with van der Waals surface area (Å²) in [6.45, 7) is 11.5. The molecule has 110 valence electrons. The summed E-state index contributed by atoms with van der Waals surface area (Å²) in [5.41, 5.74) is 0.216. The molecular formula is C17H30O2. The van der Waals surface area contributed by atoms with Gasteiger partial charge in [0, 0.05) is 12.3 Å². The molecule has 2 bridgehead atoms. The third-order valence-corrected chi connectivity index (χ3v) is 6.91. The molecule has 3 rings (SSSR count). The van der Waals surface area contributed by atoms with Crippen LogP contribution in [0.2, 0.25) is 0 Å². The Bertz CT molecular complexity index is 375. The van der Waals surface area contributed by atoms with Crippen LogP contribution in [-0.4, -0.2) is 16.5 Å². The Hall–Kier alpha value is -0.0800. The summed E-state index contributed by atoms with van der Waals surface area (Å²) < 4.78 is 6.44. The highest BCUT2D eigenvalue weighted by Crippen LogP contribution is 2.68. The molecule has 2 nitrogen and oxygen atoms in total. The monoisotopic (exact) mass is 266 g/mol. The molecule has 1 aliphatic carbocycles. The maximum absolute atomic E-state index is 11.2. The summed E-state index contributed by atoms with van der Waals surface area (Å²) >= 11 is 0. The van der Waals surface area contributed by atoms with Crippen LogP contribution in [0, 0.1) is 29.1 Å². The minimum absolute atomic E-state index is 0.0350. The van der Waals surface area contributed by atoms with Crippen LogP contribution in [0.4, 0.5) is 0 Å². The molecule has 2 heteroatoms. The Morgan fingerprint density at radius 2 is 2.00 bits per heavy atom. The summed E-state index contributed by atoms with van der Waals surface area (Å²) in [6, 6.07) is 0. The Morgan fingerprint density at radius 1 is 1.32 bits per heavy atom. The number of hydrogen-bond donors (Lipinski definition) is 1. The van der Waals surface area contributed by atoms with E-state index in [1.165, 1.54) is 12.8 Å². The van der Waals surface area contributed by atoms with Gasteiger partial charge in [0.05, 0.1) is 5.60 Å². The van der Waals surface area contributed by atoms with E-state index in [4.69, 9.17) is 4.74 Å². The van der Waals surface area contributed by atoms with E-state index in [0.717, 1.165) is 19.3 Å². The zero-order valence-electron chi connectivity index (χ0n) is 13.2. The zero-order valence-corrected chi connectivity index (χ0v) is 13.2. The first-order valence-electron chi connectivity index (χ1n) is 8.20. The summed E-state index contributed by atoms with van der Waals surface area (Å²) in [4.78, 5) is 0. The first-order chi connectivity index (χ1) is 8.77. The second-order valence-corrected chi connectivity index (χ2v) is 8.17. The molecule has 1 saturated carbocycles. The summed E-state index contributed by atoms with van der Waals surface area (Å²) in [5, 5.41) is 11.2. The molecule has 2 aliphatic heterocycles. The number of fused-ring (bicyclic) bond motifs is 1. The molecule has 1 spiro atoms. The SMILES string of the molecule is CCC1(C)CC2(O)OC3(CC2C(C)C)C(C)CCC13. The maximum Gasteiger partial charge on any atom is 0.169 e. The number of ether oxygens (including phenoxy) is 1. The molecule has 19 heavy (non-hydrogen) atoms. The highest BCUT2D eigenvalue weighted by atomic mass is 16.6. The topological polar surface area (TPSA) is 29.5 Å². The molecule has 2 heterocycles. The molecular weight excluding hydrogens is 236 g/mol. The first-order valence-corrected chi connectivity index (χ1v) is 8.20. The molecule has 3 fully saturated rings. The third-order valence-electron chi connectivity index (χ3n) is 6.91. The average molecular weight is 266 g/mol. The van der Waals surface area contributed by atoms with Crippen LogP contribution < -0.4 is 0 Å². The van der Waals surface area contributed by atoms with Gasteiger partial charge >= 0.3 is 0 Å². The van der Waals surface area contributed by atoms with Gasteiger partial charge in [-0.15, -0.1) is 0 Å². The standard InChI is InChI=1S/C17H30O2/c1-6-15(5)10-17(18)13(11(2)3)9-16(19-17)12(4)7-8-14(15)16/h11-14,18H,6-10H2,1-5H3. The van der Waals surface area contributed by atoms with Crippen LogP contribution in [-0.2, 0) is 4.74 Å². The van der Waals surface area contributed by atoms with Gasteiger partial charge in [0.25, 0.3) is 0 Å². The Morgan fingerprint density at radius 3 is 2.58 bits per heavy atom. The van der Waals surface area contributed by atoms with E-state index in [-0.39, 0.29) is 11.0 Å². The van der Waals surface area contributed by atoms with Crippen molar-refractivity contribution in [2.24, 2.45) is 29.1 Å². The van der Waals surface area contributed by atoms with Crippen molar-refractivity contribution in [1.29, 1.82) is 0 Å². The Balaban J connectivity index is 2.07. The fourth-order valence-electron chi connectivity index (χ4n) is 5.65. The Kier molecular flexibility index (Phi) is 2.91. The summed E-state index contributed by atoms with van der Waals surface area (Å²) in [7, 11) is 0. The van der Waals surface area contributed by atoms with Crippen LogP contribution in [0.25, 0.3) is 0 Å². The molecule has 0 aromatic rings. The first kappa shape index (κ1) is 13.9. The Labute approximate surface area is 117 Å². The van der Waals surface area contributed by atoms with E-state index >= 15 is 0 Å². The molecule has 0 aromatic carbocycles. The summed E-state index contributed by atoms with van der Waals surface area (Å²) in [6.07, 6.45) is 5.61. The van der Waals surface area contributed by atoms with Crippen molar-refractivity contribution >= 4 is 0 Å². The van der Waals surface area contributed by atoms with Gasteiger partial charge in [0.15, 0.2) is 5.79 Å². The van der Waals surface area contributed by atoms with Gasteiger partial charge in [-0.25, -0.2) is 0 Å². The highest BCUT2D eigenvalue weighted by molar-refractivity contribution is 5.16. The lowest BCUT2D eigenvalue weighted by Gasteiger charge is -2.52. The molecule has 0 aromatic heterocycles. The smallest absolute Gasteiger partial charge is 0.169 e.